The van der Waals surface area contributed by atoms with Crippen molar-refractivity contribution in [3.8, 4) is 11.4 Å². The Balaban J connectivity index is 1.78. The van der Waals surface area contributed by atoms with E-state index < -0.39 is 5.82 Å². The van der Waals surface area contributed by atoms with Gasteiger partial charge in [0, 0.05) is 36.6 Å². The lowest BCUT2D eigenvalue weighted by atomic mass is 10.1. The van der Waals surface area contributed by atoms with Crippen molar-refractivity contribution >= 4 is 17.5 Å². The molecule has 0 unspecified atom stereocenters. The van der Waals surface area contributed by atoms with E-state index in [1.165, 1.54) is 7.11 Å². The summed E-state index contributed by atoms with van der Waals surface area (Å²) in [7, 11) is 3.30. The zero-order valence-corrected chi connectivity index (χ0v) is 16.7. The number of benzene rings is 1. The summed E-state index contributed by atoms with van der Waals surface area (Å²) in [6.45, 7) is 3.51. The summed E-state index contributed by atoms with van der Waals surface area (Å²) in [6, 6.07) is 5.15. The second kappa shape index (κ2) is 8.04. The van der Waals surface area contributed by atoms with Gasteiger partial charge in [0.25, 0.3) is 0 Å². The maximum atomic E-state index is 15.6. The summed E-state index contributed by atoms with van der Waals surface area (Å²) in [5, 5.41) is 13.8. The highest BCUT2D eigenvalue weighted by Crippen LogP contribution is 2.33. The van der Waals surface area contributed by atoms with Crippen LogP contribution in [0.1, 0.15) is 23.4 Å². The summed E-state index contributed by atoms with van der Waals surface area (Å²) in [4.78, 5) is 8.69. The van der Waals surface area contributed by atoms with Gasteiger partial charge in [-0.25, -0.2) is 14.1 Å². The molecule has 3 N–H and O–H groups in total. The number of halogens is 1. The highest BCUT2D eigenvalue weighted by Gasteiger charge is 2.22. The zero-order valence-electron chi connectivity index (χ0n) is 16.7. The van der Waals surface area contributed by atoms with E-state index in [1.54, 1.807) is 30.1 Å². The van der Waals surface area contributed by atoms with Gasteiger partial charge in [-0.3, -0.25) is 0 Å². The molecule has 0 bridgehead atoms. The van der Waals surface area contributed by atoms with E-state index in [4.69, 9.17) is 4.74 Å². The van der Waals surface area contributed by atoms with E-state index in [0.29, 0.717) is 17.5 Å². The molecule has 3 heterocycles. The molecule has 8 nitrogen and oxygen atoms in total. The number of anilines is 3. The second-order valence-corrected chi connectivity index (χ2v) is 6.88. The van der Waals surface area contributed by atoms with Gasteiger partial charge in [-0.15, -0.1) is 0 Å². The Labute approximate surface area is 168 Å². The minimum absolute atomic E-state index is 0.254. The SMILES string of the molecule is CNc1cc(C)nc(Nc2ccc(OC)c(-n3ncc4c3CCCNC4)c2F)n1. The molecule has 1 aliphatic rings. The molecule has 0 spiro atoms. The molecule has 4 rings (SSSR count). The Bertz CT molecular complexity index is 1030. The number of hydrogen-bond acceptors (Lipinski definition) is 7. The van der Waals surface area contributed by atoms with Crippen LogP contribution in [-0.4, -0.2) is 40.5 Å². The predicted octanol–water partition coefficient (Wildman–Crippen LogP) is 2.94. The number of rotatable bonds is 5. The molecule has 1 aromatic carbocycles. The maximum Gasteiger partial charge on any atom is 0.229 e. The minimum Gasteiger partial charge on any atom is -0.494 e. The fourth-order valence-corrected chi connectivity index (χ4v) is 3.50. The lowest BCUT2D eigenvalue weighted by Gasteiger charge is -2.16. The van der Waals surface area contributed by atoms with Crippen LogP contribution in [-0.2, 0) is 13.0 Å². The molecule has 1 aliphatic heterocycles. The van der Waals surface area contributed by atoms with E-state index in [-0.39, 0.29) is 11.4 Å². The third-order valence-corrected chi connectivity index (χ3v) is 4.91. The van der Waals surface area contributed by atoms with Crippen LogP contribution in [0, 0.1) is 12.7 Å². The van der Waals surface area contributed by atoms with Crippen molar-refractivity contribution in [3.05, 3.63) is 47.2 Å². The van der Waals surface area contributed by atoms with Crippen molar-refractivity contribution in [1.29, 1.82) is 0 Å². The number of hydrogen-bond donors (Lipinski definition) is 3. The number of ether oxygens (including phenoxy) is 1. The number of fused-ring (bicyclic) bond motifs is 1. The molecule has 152 valence electrons. The van der Waals surface area contributed by atoms with Crippen molar-refractivity contribution in [2.45, 2.75) is 26.3 Å². The summed E-state index contributed by atoms with van der Waals surface area (Å²) in [6.07, 6.45) is 3.56. The Morgan fingerprint density at radius 1 is 1.28 bits per heavy atom. The number of aromatic nitrogens is 4. The van der Waals surface area contributed by atoms with E-state index in [1.807, 2.05) is 13.0 Å². The summed E-state index contributed by atoms with van der Waals surface area (Å²) in [5.74, 6) is 0.910. The Morgan fingerprint density at radius 2 is 2.14 bits per heavy atom. The van der Waals surface area contributed by atoms with Gasteiger partial charge in [0.15, 0.2) is 5.82 Å². The highest BCUT2D eigenvalue weighted by atomic mass is 19.1. The summed E-state index contributed by atoms with van der Waals surface area (Å²) in [5.41, 5.74) is 3.37. The summed E-state index contributed by atoms with van der Waals surface area (Å²) < 4.78 is 22.7. The standard InChI is InChI=1S/C20H24FN7O/c1-12-9-17(22-2)27-20(25-12)26-14-6-7-16(29-3)19(18(14)21)28-15-5-4-8-23-10-13(15)11-24-28/h6-7,9,11,23H,4-5,8,10H2,1-3H3,(H2,22,25,26,27). The first kappa shape index (κ1) is 19.1. The van der Waals surface area contributed by atoms with Gasteiger partial charge in [-0.1, -0.05) is 0 Å². The normalized spacial score (nSPS) is 13.5. The number of nitrogens with one attached hydrogen (secondary N) is 3. The summed E-state index contributed by atoms with van der Waals surface area (Å²) >= 11 is 0. The Hall–Kier alpha value is -3.20. The molecule has 29 heavy (non-hydrogen) atoms. The number of aryl methyl sites for hydroxylation is 1. The van der Waals surface area contributed by atoms with E-state index in [0.717, 1.165) is 42.9 Å². The third-order valence-electron chi connectivity index (χ3n) is 4.91. The smallest absolute Gasteiger partial charge is 0.229 e. The monoisotopic (exact) mass is 397 g/mol. The fourth-order valence-electron chi connectivity index (χ4n) is 3.50. The Morgan fingerprint density at radius 3 is 2.93 bits per heavy atom. The molecule has 0 atom stereocenters. The molecule has 2 aromatic heterocycles. The highest BCUT2D eigenvalue weighted by molar-refractivity contribution is 5.64. The van der Waals surface area contributed by atoms with Gasteiger partial charge in [0.1, 0.15) is 17.3 Å². The van der Waals surface area contributed by atoms with Gasteiger partial charge in [-0.2, -0.15) is 10.1 Å². The molecule has 0 aliphatic carbocycles. The van der Waals surface area contributed by atoms with Crippen LogP contribution in [0.2, 0.25) is 0 Å². The first-order valence-corrected chi connectivity index (χ1v) is 9.54. The average molecular weight is 397 g/mol. The van der Waals surface area contributed by atoms with Crippen LogP contribution < -0.4 is 20.7 Å². The van der Waals surface area contributed by atoms with E-state index in [9.17, 15) is 0 Å². The van der Waals surface area contributed by atoms with E-state index in [2.05, 4.69) is 31.0 Å². The van der Waals surface area contributed by atoms with Crippen molar-refractivity contribution in [2.24, 2.45) is 0 Å². The molecule has 0 fully saturated rings. The lowest BCUT2D eigenvalue weighted by molar-refractivity contribution is 0.407. The van der Waals surface area contributed by atoms with Gasteiger partial charge >= 0.3 is 0 Å². The molecule has 9 heteroatoms. The minimum atomic E-state index is -0.469. The average Bonchev–Trinajstić information content (AvgIpc) is 2.96. The molecule has 3 aromatic rings. The van der Waals surface area contributed by atoms with Crippen molar-refractivity contribution < 1.29 is 9.13 Å². The van der Waals surface area contributed by atoms with Crippen LogP contribution in [0.15, 0.2) is 24.4 Å². The third kappa shape index (κ3) is 3.73. The van der Waals surface area contributed by atoms with Crippen molar-refractivity contribution in [2.75, 3.05) is 31.3 Å². The number of methoxy groups -OCH3 is 1. The van der Waals surface area contributed by atoms with Gasteiger partial charge in [-0.05, 0) is 38.4 Å². The van der Waals surface area contributed by atoms with Gasteiger partial charge in [0.2, 0.25) is 5.95 Å². The van der Waals surface area contributed by atoms with Crippen LogP contribution in [0.4, 0.5) is 21.8 Å². The quantitative estimate of drug-likeness (QED) is 0.610. The van der Waals surface area contributed by atoms with Crippen LogP contribution in [0.3, 0.4) is 0 Å². The largest absolute Gasteiger partial charge is 0.494 e. The van der Waals surface area contributed by atoms with Crippen LogP contribution in [0.25, 0.3) is 5.69 Å². The Kier molecular flexibility index (Phi) is 5.30. The maximum absolute atomic E-state index is 15.6. The molecule has 0 radical (unpaired) electrons. The molecule has 0 saturated carbocycles. The second-order valence-electron chi connectivity index (χ2n) is 6.88. The zero-order chi connectivity index (χ0) is 20.4. The van der Waals surface area contributed by atoms with Crippen LogP contribution in [0.5, 0.6) is 5.75 Å². The molecular weight excluding hydrogens is 373 g/mol. The number of nitrogens with zero attached hydrogens (tertiary/aromatic N) is 4. The van der Waals surface area contributed by atoms with Crippen LogP contribution >= 0.6 is 0 Å². The first-order chi connectivity index (χ1) is 14.1. The molecule has 0 amide bonds. The lowest BCUT2D eigenvalue weighted by Crippen LogP contribution is -2.11. The molecule has 0 saturated heterocycles. The topological polar surface area (TPSA) is 88.9 Å². The molecular formula is C20H24FN7O. The van der Waals surface area contributed by atoms with Crippen molar-refractivity contribution in [3.63, 3.8) is 0 Å². The van der Waals surface area contributed by atoms with Gasteiger partial charge < -0.3 is 20.7 Å². The van der Waals surface area contributed by atoms with Gasteiger partial charge in [0.05, 0.1) is 19.0 Å². The first-order valence-electron chi connectivity index (χ1n) is 9.54. The fraction of sp³-hybridized carbons (Fsp3) is 0.350. The van der Waals surface area contributed by atoms with Crippen molar-refractivity contribution in [1.82, 2.24) is 25.1 Å². The predicted molar refractivity (Wildman–Crippen MR) is 110 cm³/mol. The van der Waals surface area contributed by atoms with E-state index >= 15 is 4.39 Å².